The van der Waals surface area contributed by atoms with Crippen LogP contribution >= 0.6 is 11.8 Å². The van der Waals surface area contributed by atoms with Crippen LogP contribution in [0.5, 0.6) is 11.5 Å². The van der Waals surface area contributed by atoms with Gasteiger partial charge in [0.2, 0.25) is 0 Å². The number of fused-ring (bicyclic) bond motifs is 1. The van der Waals surface area contributed by atoms with Gasteiger partial charge in [-0.1, -0.05) is 84.6 Å². The Morgan fingerprint density at radius 2 is 1.64 bits per heavy atom. The molecule has 0 saturated carbocycles. The summed E-state index contributed by atoms with van der Waals surface area (Å²) in [5.41, 5.74) is 7.56. The molecule has 196 valence electrons. The second-order valence-electron chi connectivity index (χ2n) is 8.72. The number of hydrogen-bond acceptors (Lipinski definition) is 6. The molecule has 0 fully saturated rings. The Morgan fingerprint density at radius 3 is 2.41 bits per heavy atom. The van der Waals surface area contributed by atoms with Gasteiger partial charge >= 0.3 is 0 Å². The number of carbonyl (C=O) groups is 1. The van der Waals surface area contributed by atoms with E-state index in [1.165, 1.54) is 17.3 Å². The van der Waals surface area contributed by atoms with Gasteiger partial charge in [-0.15, -0.1) is 0 Å². The molecule has 0 radical (unpaired) electrons. The summed E-state index contributed by atoms with van der Waals surface area (Å²) in [6.45, 7) is 1.12. The number of hydrogen-bond donors (Lipinski definition) is 1. The fourth-order valence-electron chi connectivity index (χ4n) is 4.04. The topological polar surface area (TPSA) is 77.7 Å². The van der Waals surface area contributed by atoms with Crippen LogP contribution in [-0.4, -0.2) is 34.5 Å². The maximum Gasteiger partial charge on any atom is 0.250 e. The Morgan fingerprint density at radius 1 is 0.923 bits per heavy atom. The second kappa shape index (κ2) is 12.8. The number of nitrogens with one attached hydrogen (secondary N) is 1. The fraction of sp³-hybridized carbons (Fsp3) is 0.129. The summed E-state index contributed by atoms with van der Waals surface area (Å²) in [5, 5.41) is 4.91. The number of nitrogens with zero attached hydrogens (tertiary/aromatic N) is 3. The largest absolute Gasteiger partial charge is 0.493 e. The van der Waals surface area contributed by atoms with Crippen molar-refractivity contribution in [2.75, 3.05) is 12.9 Å². The van der Waals surface area contributed by atoms with Crippen LogP contribution in [0.3, 0.4) is 0 Å². The normalized spacial score (nSPS) is 11.1. The summed E-state index contributed by atoms with van der Waals surface area (Å²) < 4.78 is 13.5. The highest BCUT2D eigenvalue weighted by Gasteiger charge is 2.13. The van der Waals surface area contributed by atoms with Gasteiger partial charge in [-0.3, -0.25) is 4.79 Å². The lowest BCUT2D eigenvalue weighted by Crippen LogP contribution is -2.20. The zero-order valence-electron chi connectivity index (χ0n) is 21.5. The number of thioether (sulfide) groups is 1. The molecule has 0 atom stereocenters. The molecule has 8 heteroatoms. The van der Waals surface area contributed by atoms with Gasteiger partial charge < -0.3 is 14.0 Å². The fourth-order valence-corrected chi connectivity index (χ4v) is 4.85. The Bertz CT molecular complexity index is 1570. The molecule has 0 bridgehead atoms. The van der Waals surface area contributed by atoms with Crippen LogP contribution in [0.4, 0.5) is 0 Å². The van der Waals surface area contributed by atoms with Crippen LogP contribution in [0.25, 0.3) is 11.0 Å². The molecule has 0 aliphatic heterocycles. The average Bonchev–Trinajstić information content (AvgIpc) is 3.33. The number of benzene rings is 4. The van der Waals surface area contributed by atoms with E-state index in [0.717, 1.165) is 27.3 Å². The lowest BCUT2D eigenvalue weighted by atomic mass is 10.2. The Labute approximate surface area is 231 Å². The van der Waals surface area contributed by atoms with E-state index >= 15 is 0 Å². The van der Waals surface area contributed by atoms with Gasteiger partial charge in [0.1, 0.15) is 6.61 Å². The lowest BCUT2D eigenvalue weighted by molar-refractivity contribution is -0.118. The summed E-state index contributed by atoms with van der Waals surface area (Å²) in [6, 6.07) is 33.7. The summed E-state index contributed by atoms with van der Waals surface area (Å²) in [7, 11) is 1.59. The molecule has 7 nitrogen and oxygen atoms in total. The van der Waals surface area contributed by atoms with E-state index in [1.54, 1.807) is 13.3 Å². The van der Waals surface area contributed by atoms with Gasteiger partial charge in [-0.05, 0) is 47.0 Å². The monoisotopic (exact) mass is 536 g/mol. The number of rotatable bonds is 11. The van der Waals surface area contributed by atoms with E-state index in [4.69, 9.17) is 14.5 Å². The van der Waals surface area contributed by atoms with Crippen LogP contribution < -0.4 is 14.9 Å². The van der Waals surface area contributed by atoms with Crippen molar-refractivity contribution in [1.29, 1.82) is 0 Å². The molecule has 0 unspecified atom stereocenters. The molecule has 5 rings (SSSR count). The van der Waals surface area contributed by atoms with Gasteiger partial charge in [0.15, 0.2) is 16.7 Å². The van der Waals surface area contributed by atoms with E-state index in [0.29, 0.717) is 24.7 Å². The van der Waals surface area contributed by atoms with Crippen molar-refractivity contribution in [2.45, 2.75) is 18.3 Å². The number of methoxy groups -OCH3 is 1. The first kappa shape index (κ1) is 26.1. The van der Waals surface area contributed by atoms with Crippen LogP contribution in [0.1, 0.15) is 16.7 Å². The van der Waals surface area contributed by atoms with Gasteiger partial charge in [-0.25, -0.2) is 10.4 Å². The minimum Gasteiger partial charge on any atom is -0.493 e. The summed E-state index contributed by atoms with van der Waals surface area (Å²) in [5.74, 6) is 1.20. The van der Waals surface area contributed by atoms with E-state index in [2.05, 4.69) is 27.2 Å². The number of carbonyl (C=O) groups excluding carboxylic acids is 1. The Balaban J connectivity index is 1.19. The highest BCUT2D eigenvalue weighted by atomic mass is 32.2. The number of imidazole rings is 1. The minimum atomic E-state index is -0.218. The van der Waals surface area contributed by atoms with Gasteiger partial charge in [0.25, 0.3) is 5.91 Å². The number of hydrazone groups is 1. The SMILES string of the molecule is COc1cc(/C=N/NC(=O)CSc2nc3ccccc3n2Cc2ccccc2)ccc1OCc1ccccc1. The molecular formula is C31H28N4O3S. The van der Waals surface area contributed by atoms with Gasteiger partial charge in [0.05, 0.1) is 36.7 Å². The quantitative estimate of drug-likeness (QED) is 0.129. The molecule has 0 aliphatic carbocycles. The highest BCUT2D eigenvalue weighted by molar-refractivity contribution is 7.99. The Kier molecular flexibility index (Phi) is 8.55. The highest BCUT2D eigenvalue weighted by Crippen LogP contribution is 2.28. The third kappa shape index (κ3) is 6.86. The summed E-state index contributed by atoms with van der Waals surface area (Å²) >= 11 is 1.39. The molecule has 5 aromatic rings. The third-order valence-electron chi connectivity index (χ3n) is 5.96. The molecule has 4 aromatic carbocycles. The smallest absolute Gasteiger partial charge is 0.250 e. The number of aromatic nitrogens is 2. The lowest BCUT2D eigenvalue weighted by Gasteiger charge is -2.11. The molecule has 1 aromatic heterocycles. The van der Waals surface area contributed by atoms with Crippen LogP contribution in [0.15, 0.2) is 113 Å². The molecular weight excluding hydrogens is 508 g/mol. The minimum absolute atomic E-state index is 0.186. The van der Waals surface area contributed by atoms with E-state index in [1.807, 2.05) is 91.0 Å². The van der Waals surface area contributed by atoms with Crippen LogP contribution in [-0.2, 0) is 17.9 Å². The first-order valence-electron chi connectivity index (χ1n) is 12.5. The zero-order chi connectivity index (χ0) is 26.9. The second-order valence-corrected chi connectivity index (χ2v) is 9.66. The Hall–Kier alpha value is -4.56. The maximum absolute atomic E-state index is 12.6. The molecule has 39 heavy (non-hydrogen) atoms. The molecule has 0 saturated heterocycles. The van der Waals surface area contributed by atoms with Crippen molar-refractivity contribution in [3.05, 3.63) is 120 Å². The first-order chi connectivity index (χ1) is 19.2. The van der Waals surface area contributed by atoms with Crippen molar-refractivity contribution in [3.63, 3.8) is 0 Å². The van der Waals surface area contributed by atoms with Gasteiger partial charge in [-0.2, -0.15) is 5.10 Å². The van der Waals surface area contributed by atoms with Gasteiger partial charge in [0, 0.05) is 0 Å². The van der Waals surface area contributed by atoms with Crippen molar-refractivity contribution >= 4 is 34.9 Å². The van der Waals surface area contributed by atoms with E-state index < -0.39 is 0 Å². The summed E-state index contributed by atoms with van der Waals surface area (Å²) in [6.07, 6.45) is 1.58. The van der Waals surface area contributed by atoms with Crippen LogP contribution in [0.2, 0.25) is 0 Å². The van der Waals surface area contributed by atoms with Crippen molar-refractivity contribution in [3.8, 4) is 11.5 Å². The summed E-state index contributed by atoms with van der Waals surface area (Å²) in [4.78, 5) is 17.3. The predicted molar refractivity (Wildman–Crippen MR) is 156 cm³/mol. The number of amides is 1. The predicted octanol–water partition coefficient (Wildman–Crippen LogP) is 5.91. The molecule has 1 N–H and O–H groups in total. The van der Waals surface area contributed by atoms with Crippen molar-refractivity contribution in [2.24, 2.45) is 5.10 Å². The van der Waals surface area contributed by atoms with Crippen LogP contribution in [0, 0.1) is 0 Å². The molecule has 1 amide bonds. The average molecular weight is 537 g/mol. The molecule has 1 heterocycles. The first-order valence-corrected chi connectivity index (χ1v) is 13.5. The number of ether oxygens (including phenoxy) is 2. The standard InChI is InChI=1S/C31H28N4O3S/c1-37-29-18-25(16-17-28(29)38-21-24-12-6-3-7-13-24)19-32-34-30(36)22-39-31-33-26-14-8-9-15-27(26)35(31)20-23-10-4-2-5-11-23/h2-19H,20-22H2,1H3,(H,34,36)/b32-19+. The molecule has 0 spiro atoms. The third-order valence-corrected chi connectivity index (χ3v) is 6.94. The molecule has 0 aliphatic rings. The van der Waals surface area contributed by atoms with E-state index in [-0.39, 0.29) is 11.7 Å². The number of para-hydroxylation sites is 2. The maximum atomic E-state index is 12.6. The van der Waals surface area contributed by atoms with Crippen molar-refractivity contribution in [1.82, 2.24) is 15.0 Å². The van der Waals surface area contributed by atoms with Crippen molar-refractivity contribution < 1.29 is 14.3 Å². The zero-order valence-corrected chi connectivity index (χ0v) is 22.3. The van der Waals surface area contributed by atoms with E-state index in [9.17, 15) is 4.79 Å².